The molecule has 6 nitrogen and oxygen atoms in total. The van der Waals surface area contributed by atoms with E-state index in [1.165, 1.54) is 5.56 Å². The van der Waals surface area contributed by atoms with Gasteiger partial charge in [-0.3, -0.25) is 14.5 Å². The number of carbonyl (C=O) groups excluding carboxylic acids is 2. The lowest BCUT2D eigenvalue weighted by molar-refractivity contribution is 0.00859. The van der Waals surface area contributed by atoms with Gasteiger partial charge in [0.1, 0.15) is 0 Å². The molecule has 0 bridgehead atoms. The molecule has 2 fully saturated rings. The molecule has 2 amide bonds. The highest BCUT2D eigenvalue weighted by atomic mass is 16.2. The zero-order valence-corrected chi connectivity index (χ0v) is 19.3. The van der Waals surface area contributed by atoms with Crippen molar-refractivity contribution in [2.45, 2.75) is 12.6 Å². The molecule has 174 valence electrons. The summed E-state index contributed by atoms with van der Waals surface area (Å²) < 4.78 is 0. The molecule has 0 radical (unpaired) electrons. The van der Waals surface area contributed by atoms with Crippen LogP contribution < -0.4 is 5.32 Å². The largest absolute Gasteiger partial charge is 0.380 e. The van der Waals surface area contributed by atoms with E-state index in [0.717, 1.165) is 56.1 Å². The van der Waals surface area contributed by atoms with Crippen molar-refractivity contribution in [1.82, 2.24) is 14.7 Å². The minimum atomic E-state index is 0.0744. The van der Waals surface area contributed by atoms with Gasteiger partial charge in [0.25, 0.3) is 11.8 Å². The lowest BCUT2D eigenvalue weighted by Gasteiger charge is -2.48. The molecule has 0 saturated carbocycles. The summed E-state index contributed by atoms with van der Waals surface area (Å²) in [7, 11) is 0. The maximum absolute atomic E-state index is 13.2. The van der Waals surface area contributed by atoms with Gasteiger partial charge in [-0.05, 0) is 29.8 Å². The Morgan fingerprint density at radius 2 is 1.32 bits per heavy atom. The van der Waals surface area contributed by atoms with Crippen LogP contribution >= 0.6 is 0 Å². The maximum atomic E-state index is 13.2. The minimum absolute atomic E-state index is 0.0744. The summed E-state index contributed by atoms with van der Waals surface area (Å²) in [5, 5.41) is 3.42. The van der Waals surface area contributed by atoms with Crippen LogP contribution in [0, 0.1) is 0 Å². The van der Waals surface area contributed by atoms with Crippen molar-refractivity contribution in [3.05, 3.63) is 102 Å². The van der Waals surface area contributed by atoms with Crippen molar-refractivity contribution in [3.63, 3.8) is 0 Å². The fourth-order valence-electron chi connectivity index (χ4n) is 4.69. The fraction of sp³-hybridized carbons (Fsp3) is 0.286. The molecular weight excluding hydrogens is 424 g/mol. The van der Waals surface area contributed by atoms with Gasteiger partial charge in [-0.15, -0.1) is 0 Å². The first kappa shape index (κ1) is 22.2. The predicted octanol–water partition coefficient (Wildman–Crippen LogP) is 3.58. The number of para-hydroxylation sites is 1. The van der Waals surface area contributed by atoms with Crippen LogP contribution in [-0.4, -0.2) is 71.8 Å². The van der Waals surface area contributed by atoms with Crippen LogP contribution in [0.1, 0.15) is 26.3 Å². The third kappa shape index (κ3) is 4.82. The first-order chi connectivity index (χ1) is 16.7. The number of amides is 2. The smallest absolute Gasteiger partial charge is 0.256 e. The van der Waals surface area contributed by atoms with Gasteiger partial charge < -0.3 is 15.1 Å². The van der Waals surface area contributed by atoms with Crippen LogP contribution in [0.4, 0.5) is 5.69 Å². The minimum Gasteiger partial charge on any atom is -0.380 e. The Bertz CT molecular complexity index is 1120. The van der Waals surface area contributed by atoms with Crippen molar-refractivity contribution in [2.24, 2.45) is 0 Å². The molecule has 0 spiro atoms. The molecule has 34 heavy (non-hydrogen) atoms. The van der Waals surface area contributed by atoms with Crippen molar-refractivity contribution in [1.29, 1.82) is 0 Å². The van der Waals surface area contributed by atoms with E-state index in [2.05, 4.69) is 22.3 Å². The molecule has 2 heterocycles. The molecule has 1 N–H and O–H groups in total. The van der Waals surface area contributed by atoms with Crippen molar-refractivity contribution in [3.8, 4) is 0 Å². The third-order valence-electron chi connectivity index (χ3n) is 6.77. The summed E-state index contributed by atoms with van der Waals surface area (Å²) >= 11 is 0. The lowest BCUT2D eigenvalue weighted by Crippen LogP contribution is -2.64. The summed E-state index contributed by atoms with van der Waals surface area (Å²) in [4.78, 5) is 32.2. The SMILES string of the molecule is O=C(c1ccccc1)N1CCN(C2CN(C(=O)c3ccccc3NCc3ccccc3)C2)CC1. The number of carbonyl (C=O) groups is 2. The van der Waals surface area contributed by atoms with Crippen LogP contribution in [-0.2, 0) is 6.54 Å². The molecule has 0 unspecified atom stereocenters. The van der Waals surface area contributed by atoms with Crippen LogP contribution in [0.15, 0.2) is 84.9 Å². The summed E-state index contributed by atoms with van der Waals surface area (Å²) in [5.41, 5.74) is 3.51. The second-order valence-electron chi connectivity index (χ2n) is 8.94. The molecule has 5 rings (SSSR count). The van der Waals surface area contributed by atoms with Gasteiger partial charge in [0.2, 0.25) is 0 Å². The number of hydrogen-bond acceptors (Lipinski definition) is 4. The Hall–Kier alpha value is -3.64. The van der Waals surface area contributed by atoms with Gasteiger partial charge in [-0.25, -0.2) is 0 Å². The van der Waals surface area contributed by atoms with E-state index in [-0.39, 0.29) is 11.8 Å². The van der Waals surface area contributed by atoms with E-state index in [4.69, 9.17) is 0 Å². The molecule has 0 aromatic heterocycles. The highest BCUT2D eigenvalue weighted by Crippen LogP contribution is 2.24. The normalized spacial score (nSPS) is 16.7. The van der Waals surface area contributed by atoms with E-state index in [1.54, 1.807) is 0 Å². The second-order valence-corrected chi connectivity index (χ2v) is 8.94. The standard InChI is InChI=1S/C28H30N4O2/c33-27(23-11-5-2-6-12-23)31-17-15-30(16-18-31)24-20-32(21-24)28(34)25-13-7-8-14-26(25)29-19-22-9-3-1-4-10-22/h1-14,24,29H,15-21H2. The van der Waals surface area contributed by atoms with Gasteiger partial charge in [0, 0.05) is 63.1 Å². The molecular formula is C28H30N4O2. The van der Waals surface area contributed by atoms with E-state index in [1.807, 2.05) is 82.6 Å². The number of nitrogens with one attached hydrogen (secondary N) is 1. The molecule has 6 heteroatoms. The Kier molecular flexibility index (Phi) is 6.58. The van der Waals surface area contributed by atoms with E-state index < -0.39 is 0 Å². The van der Waals surface area contributed by atoms with Gasteiger partial charge >= 0.3 is 0 Å². The number of benzene rings is 3. The monoisotopic (exact) mass is 454 g/mol. The summed E-state index contributed by atoms with van der Waals surface area (Å²) in [5.74, 6) is 0.176. The molecule has 2 aliphatic rings. The zero-order chi connectivity index (χ0) is 23.3. The number of nitrogens with zero attached hydrogens (tertiary/aromatic N) is 3. The van der Waals surface area contributed by atoms with Gasteiger partial charge in [-0.2, -0.15) is 0 Å². The Labute approximate surface area is 200 Å². The molecule has 2 saturated heterocycles. The maximum Gasteiger partial charge on any atom is 0.256 e. The average molecular weight is 455 g/mol. The highest BCUT2D eigenvalue weighted by Gasteiger charge is 2.37. The molecule has 2 aliphatic heterocycles. The van der Waals surface area contributed by atoms with E-state index in [9.17, 15) is 9.59 Å². The summed E-state index contributed by atoms with van der Waals surface area (Å²) in [6.07, 6.45) is 0. The number of rotatable bonds is 6. The van der Waals surface area contributed by atoms with Crippen molar-refractivity contribution < 1.29 is 9.59 Å². The Morgan fingerprint density at radius 3 is 2.03 bits per heavy atom. The molecule has 3 aromatic rings. The first-order valence-electron chi connectivity index (χ1n) is 11.9. The average Bonchev–Trinajstić information content (AvgIpc) is 2.88. The quantitative estimate of drug-likeness (QED) is 0.619. The zero-order valence-electron chi connectivity index (χ0n) is 19.3. The molecule has 0 atom stereocenters. The van der Waals surface area contributed by atoms with Crippen LogP contribution in [0.5, 0.6) is 0 Å². The number of anilines is 1. The van der Waals surface area contributed by atoms with Crippen LogP contribution in [0.3, 0.4) is 0 Å². The fourth-order valence-corrected chi connectivity index (χ4v) is 4.69. The Morgan fingerprint density at radius 1 is 0.706 bits per heavy atom. The number of likely N-dealkylation sites (tertiary alicyclic amines) is 1. The number of hydrogen-bond donors (Lipinski definition) is 1. The van der Waals surface area contributed by atoms with Gasteiger partial charge in [-0.1, -0.05) is 60.7 Å². The summed E-state index contributed by atoms with van der Waals surface area (Å²) in [6, 6.07) is 27.8. The van der Waals surface area contributed by atoms with Crippen LogP contribution in [0.25, 0.3) is 0 Å². The Balaban J connectivity index is 1.13. The van der Waals surface area contributed by atoms with Crippen molar-refractivity contribution >= 4 is 17.5 Å². The van der Waals surface area contributed by atoms with Crippen LogP contribution in [0.2, 0.25) is 0 Å². The van der Waals surface area contributed by atoms with Crippen molar-refractivity contribution in [2.75, 3.05) is 44.6 Å². The lowest BCUT2D eigenvalue weighted by atomic mass is 10.0. The van der Waals surface area contributed by atoms with Gasteiger partial charge in [0.15, 0.2) is 0 Å². The topological polar surface area (TPSA) is 55.9 Å². The number of piperazine rings is 1. The molecule has 3 aromatic carbocycles. The first-order valence-corrected chi connectivity index (χ1v) is 11.9. The summed E-state index contributed by atoms with van der Waals surface area (Å²) in [6.45, 7) is 5.30. The predicted molar refractivity (Wildman–Crippen MR) is 134 cm³/mol. The third-order valence-corrected chi connectivity index (χ3v) is 6.77. The highest BCUT2D eigenvalue weighted by molar-refractivity contribution is 6.00. The van der Waals surface area contributed by atoms with Gasteiger partial charge in [0.05, 0.1) is 5.56 Å². The van der Waals surface area contributed by atoms with E-state index >= 15 is 0 Å². The second kappa shape index (κ2) is 10.1. The molecule has 0 aliphatic carbocycles. The van der Waals surface area contributed by atoms with E-state index in [0.29, 0.717) is 12.6 Å².